The van der Waals surface area contributed by atoms with Crippen molar-refractivity contribution in [3.05, 3.63) is 22.2 Å². The molecule has 1 saturated carbocycles. The van der Waals surface area contributed by atoms with E-state index in [1.54, 1.807) is 0 Å². The van der Waals surface area contributed by atoms with Gasteiger partial charge in [0, 0.05) is 12.1 Å². The Hall–Kier alpha value is -0.740. The fourth-order valence-corrected chi connectivity index (χ4v) is 2.58. The average molecular weight is 356 g/mol. The molecule has 1 aromatic carbocycles. The molecule has 21 heavy (non-hydrogen) atoms. The summed E-state index contributed by atoms with van der Waals surface area (Å²) < 4.78 is 12.7. The molecule has 1 fully saturated rings. The second kappa shape index (κ2) is 7.01. The van der Waals surface area contributed by atoms with Crippen LogP contribution >= 0.6 is 15.9 Å². The van der Waals surface area contributed by atoms with E-state index in [9.17, 15) is 0 Å². The van der Waals surface area contributed by atoms with E-state index in [0.29, 0.717) is 6.61 Å². The molecular formula is C17H26BrNO2. The predicted molar refractivity (Wildman–Crippen MR) is 90.1 cm³/mol. The number of hydrogen-bond acceptors (Lipinski definition) is 3. The lowest BCUT2D eigenvalue weighted by atomic mass is 10.1. The summed E-state index contributed by atoms with van der Waals surface area (Å²) in [5.41, 5.74) is 1.29. The van der Waals surface area contributed by atoms with Gasteiger partial charge < -0.3 is 14.8 Å². The van der Waals surface area contributed by atoms with Crippen molar-refractivity contribution in [2.75, 3.05) is 13.2 Å². The van der Waals surface area contributed by atoms with E-state index in [1.165, 1.54) is 18.4 Å². The number of benzene rings is 1. The molecule has 0 bridgehead atoms. The van der Waals surface area contributed by atoms with Gasteiger partial charge in [0.15, 0.2) is 11.5 Å². The molecule has 0 aromatic heterocycles. The first-order chi connectivity index (χ1) is 9.89. The Morgan fingerprint density at radius 1 is 1.24 bits per heavy atom. The zero-order valence-electron chi connectivity index (χ0n) is 13.5. The summed E-state index contributed by atoms with van der Waals surface area (Å²) in [6.45, 7) is 10.7. The zero-order chi connectivity index (χ0) is 15.5. The number of halogens is 1. The highest BCUT2D eigenvalue weighted by atomic mass is 79.9. The summed E-state index contributed by atoms with van der Waals surface area (Å²) in [4.78, 5) is 0. The summed E-state index contributed by atoms with van der Waals surface area (Å²) >= 11 is 3.63. The lowest BCUT2D eigenvalue weighted by Gasteiger charge is -2.21. The third-order valence-electron chi connectivity index (χ3n) is 3.35. The first kappa shape index (κ1) is 16.6. The molecule has 0 aliphatic heterocycles. The molecule has 0 radical (unpaired) electrons. The molecule has 3 nitrogen and oxygen atoms in total. The van der Waals surface area contributed by atoms with Crippen molar-refractivity contribution in [3.8, 4) is 11.5 Å². The van der Waals surface area contributed by atoms with Crippen LogP contribution in [0, 0.1) is 5.92 Å². The van der Waals surface area contributed by atoms with E-state index in [0.717, 1.165) is 35.0 Å². The summed E-state index contributed by atoms with van der Waals surface area (Å²) in [6.07, 6.45) is 2.57. The molecule has 0 spiro atoms. The first-order valence-corrected chi connectivity index (χ1v) is 8.51. The lowest BCUT2D eigenvalue weighted by molar-refractivity contribution is 0.265. The highest BCUT2D eigenvalue weighted by Crippen LogP contribution is 2.39. The Morgan fingerprint density at radius 3 is 2.52 bits per heavy atom. The predicted octanol–water partition coefficient (Wildman–Crippen LogP) is 4.52. The molecule has 0 atom stereocenters. The molecule has 1 aromatic rings. The monoisotopic (exact) mass is 355 g/mol. The first-order valence-electron chi connectivity index (χ1n) is 7.72. The molecule has 0 saturated heterocycles. The van der Waals surface area contributed by atoms with Crippen LogP contribution in [0.2, 0.25) is 0 Å². The van der Waals surface area contributed by atoms with Gasteiger partial charge in [-0.3, -0.25) is 0 Å². The van der Waals surface area contributed by atoms with Gasteiger partial charge in [0.05, 0.1) is 17.7 Å². The van der Waals surface area contributed by atoms with Gasteiger partial charge in [-0.05, 0) is 80.1 Å². The van der Waals surface area contributed by atoms with Crippen LogP contribution in [0.5, 0.6) is 11.5 Å². The SMILES string of the molecule is CCOc1cc(CNC(C)(C)C)cc(Br)c1OCC1CC1. The minimum Gasteiger partial charge on any atom is -0.490 e. The summed E-state index contributed by atoms with van der Waals surface area (Å²) in [7, 11) is 0. The van der Waals surface area contributed by atoms with Gasteiger partial charge in [-0.2, -0.15) is 0 Å². The summed E-state index contributed by atoms with van der Waals surface area (Å²) in [6, 6.07) is 4.19. The van der Waals surface area contributed by atoms with Crippen LogP contribution in [0.15, 0.2) is 16.6 Å². The van der Waals surface area contributed by atoms with Crippen molar-refractivity contribution in [1.82, 2.24) is 5.32 Å². The van der Waals surface area contributed by atoms with Crippen molar-refractivity contribution in [1.29, 1.82) is 0 Å². The average Bonchev–Trinajstić information content (AvgIpc) is 3.19. The normalized spacial score (nSPS) is 15.1. The molecule has 2 rings (SSSR count). The largest absolute Gasteiger partial charge is 0.490 e. The van der Waals surface area contributed by atoms with Gasteiger partial charge in [-0.25, -0.2) is 0 Å². The van der Waals surface area contributed by atoms with Gasteiger partial charge in [-0.1, -0.05) is 0 Å². The van der Waals surface area contributed by atoms with E-state index in [-0.39, 0.29) is 5.54 Å². The maximum Gasteiger partial charge on any atom is 0.175 e. The van der Waals surface area contributed by atoms with Crippen LogP contribution in [0.25, 0.3) is 0 Å². The molecule has 0 unspecified atom stereocenters. The van der Waals surface area contributed by atoms with Crippen LogP contribution in [-0.4, -0.2) is 18.8 Å². The van der Waals surface area contributed by atoms with E-state index >= 15 is 0 Å². The summed E-state index contributed by atoms with van der Waals surface area (Å²) in [5, 5.41) is 3.50. The van der Waals surface area contributed by atoms with Crippen LogP contribution in [0.3, 0.4) is 0 Å². The minimum atomic E-state index is 0.0966. The second-order valence-electron chi connectivity index (χ2n) is 6.70. The number of ether oxygens (including phenoxy) is 2. The third-order valence-corrected chi connectivity index (χ3v) is 3.94. The molecule has 1 aliphatic carbocycles. The van der Waals surface area contributed by atoms with Crippen molar-refractivity contribution in [2.45, 2.75) is 52.6 Å². The maximum absolute atomic E-state index is 5.95. The van der Waals surface area contributed by atoms with E-state index in [2.05, 4.69) is 54.2 Å². The standard InChI is InChI=1S/C17H26BrNO2/c1-5-20-15-9-13(10-19-17(2,3)4)8-14(18)16(15)21-11-12-6-7-12/h8-9,12,19H,5-7,10-11H2,1-4H3. The smallest absolute Gasteiger partial charge is 0.175 e. The quantitative estimate of drug-likeness (QED) is 0.779. The minimum absolute atomic E-state index is 0.0966. The Morgan fingerprint density at radius 2 is 1.95 bits per heavy atom. The Labute approximate surface area is 136 Å². The third kappa shape index (κ3) is 5.51. The van der Waals surface area contributed by atoms with Gasteiger partial charge in [-0.15, -0.1) is 0 Å². The molecule has 0 heterocycles. The van der Waals surface area contributed by atoms with Gasteiger partial charge >= 0.3 is 0 Å². The fraction of sp³-hybridized carbons (Fsp3) is 0.647. The van der Waals surface area contributed by atoms with Crippen LogP contribution in [0.4, 0.5) is 0 Å². The lowest BCUT2D eigenvalue weighted by Crippen LogP contribution is -2.35. The summed E-state index contributed by atoms with van der Waals surface area (Å²) in [5.74, 6) is 2.40. The van der Waals surface area contributed by atoms with Crippen molar-refractivity contribution in [2.24, 2.45) is 5.92 Å². The van der Waals surface area contributed by atoms with Crippen molar-refractivity contribution in [3.63, 3.8) is 0 Å². The van der Waals surface area contributed by atoms with Gasteiger partial charge in [0.2, 0.25) is 0 Å². The van der Waals surface area contributed by atoms with Crippen LogP contribution in [-0.2, 0) is 6.54 Å². The Balaban J connectivity index is 2.12. The van der Waals surface area contributed by atoms with Gasteiger partial charge in [0.1, 0.15) is 0 Å². The number of nitrogens with one attached hydrogen (secondary N) is 1. The van der Waals surface area contributed by atoms with Gasteiger partial charge in [0.25, 0.3) is 0 Å². The number of rotatable bonds is 7. The molecule has 118 valence electrons. The van der Waals surface area contributed by atoms with Crippen LogP contribution < -0.4 is 14.8 Å². The highest BCUT2D eigenvalue weighted by molar-refractivity contribution is 9.10. The van der Waals surface area contributed by atoms with E-state index < -0.39 is 0 Å². The zero-order valence-corrected chi connectivity index (χ0v) is 15.0. The van der Waals surface area contributed by atoms with E-state index in [4.69, 9.17) is 9.47 Å². The van der Waals surface area contributed by atoms with Crippen molar-refractivity contribution < 1.29 is 9.47 Å². The highest BCUT2D eigenvalue weighted by Gasteiger charge is 2.23. The molecule has 1 aliphatic rings. The fourth-order valence-electron chi connectivity index (χ4n) is 1.98. The Kier molecular flexibility index (Phi) is 5.55. The maximum atomic E-state index is 5.95. The topological polar surface area (TPSA) is 30.5 Å². The van der Waals surface area contributed by atoms with Crippen molar-refractivity contribution >= 4 is 15.9 Å². The second-order valence-corrected chi connectivity index (χ2v) is 7.55. The molecular weight excluding hydrogens is 330 g/mol. The molecule has 0 amide bonds. The molecule has 1 N–H and O–H groups in total. The molecule has 4 heteroatoms. The van der Waals surface area contributed by atoms with Crippen LogP contribution in [0.1, 0.15) is 46.1 Å². The Bertz CT molecular complexity index is 478. The van der Waals surface area contributed by atoms with E-state index in [1.807, 2.05) is 6.92 Å². The number of hydrogen-bond donors (Lipinski definition) is 1.